The summed E-state index contributed by atoms with van der Waals surface area (Å²) in [6.45, 7) is 3.41. The van der Waals surface area contributed by atoms with E-state index in [0.29, 0.717) is 18.1 Å². The van der Waals surface area contributed by atoms with E-state index in [4.69, 9.17) is 14.2 Å². The number of benzene rings is 3. The third-order valence-corrected chi connectivity index (χ3v) is 4.63. The predicted molar refractivity (Wildman–Crippen MR) is 114 cm³/mol. The number of halogens is 2. The number of alkyl halides is 2. The van der Waals surface area contributed by atoms with Gasteiger partial charge < -0.3 is 14.2 Å². The highest BCUT2D eigenvalue weighted by Crippen LogP contribution is 2.40. The number of rotatable bonds is 10. The van der Waals surface area contributed by atoms with Crippen molar-refractivity contribution in [2.75, 3.05) is 7.11 Å². The molecule has 0 unspecified atom stereocenters. The molecule has 1 atom stereocenters. The molecule has 0 fully saturated rings. The van der Waals surface area contributed by atoms with Crippen LogP contribution in [0.2, 0.25) is 0 Å². The maximum atomic E-state index is 14.7. The van der Waals surface area contributed by atoms with Gasteiger partial charge in [0.15, 0.2) is 17.6 Å². The fraction of sp³-hybridized carbons (Fsp3) is 0.160. The molecule has 0 saturated heterocycles. The molecule has 160 valence electrons. The fourth-order valence-corrected chi connectivity index (χ4v) is 2.92. The van der Waals surface area contributed by atoms with E-state index in [2.05, 4.69) is 6.58 Å². The first-order valence-corrected chi connectivity index (χ1v) is 9.55. The van der Waals surface area contributed by atoms with Crippen LogP contribution in [0.5, 0.6) is 17.2 Å². The predicted octanol–water partition coefficient (Wildman–Crippen LogP) is 6.03. The van der Waals surface area contributed by atoms with Crippen LogP contribution in [0.25, 0.3) is 0 Å². The lowest BCUT2D eigenvalue weighted by molar-refractivity contribution is -0.0584. The number of hydrogen-bond donors (Lipinski definition) is 0. The molecule has 0 amide bonds. The van der Waals surface area contributed by atoms with E-state index in [1.165, 1.54) is 18.2 Å². The Balaban J connectivity index is 1.90. The van der Waals surface area contributed by atoms with Gasteiger partial charge in [0.2, 0.25) is 0 Å². The summed E-state index contributed by atoms with van der Waals surface area (Å²) in [6.07, 6.45) is -0.480. The molecule has 0 aromatic heterocycles. The monoisotopic (exact) mass is 424 g/mol. The first-order chi connectivity index (χ1) is 15.0. The highest BCUT2D eigenvalue weighted by Gasteiger charge is 2.40. The maximum absolute atomic E-state index is 14.7. The molecule has 0 bridgehead atoms. The van der Waals surface area contributed by atoms with Gasteiger partial charge >= 0.3 is 5.92 Å². The van der Waals surface area contributed by atoms with E-state index in [9.17, 15) is 13.6 Å². The molecule has 0 aliphatic heterocycles. The average Bonchev–Trinajstić information content (AvgIpc) is 2.82. The van der Waals surface area contributed by atoms with E-state index < -0.39 is 12.0 Å². The average molecular weight is 424 g/mol. The molecule has 3 aromatic rings. The van der Waals surface area contributed by atoms with Crippen molar-refractivity contribution in [3.05, 3.63) is 102 Å². The van der Waals surface area contributed by atoms with Crippen molar-refractivity contribution in [3.63, 3.8) is 0 Å². The summed E-state index contributed by atoms with van der Waals surface area (Å²) in [5.74, 6) is -2.37. The zero-order valence-corrected chi connectivity index (χ0v) is 17.0. The third kappa shape index (κ3) is 5.48. The van der Waals surface area contributed by atoms with Crippen LogP contribution in [0, 0.1) is 0 Å². The Morgan fingerprint density at radius 2 is 1.71 bits per heavy atom. The van der Waals surface area contributed by atoms with E-state index in [1.54, 1.807) is 49.6 Å². The second-order valence-corrected chi connectivity index (χ2v) is 6.75. The molecule has 0 aliphatic carbocycles. The fourth-order valence-electron chi connectivity index (χ4n) is 2.92. The minimum absolute atomic E-state index is 0.0356. The highest BCUT2D eigenvalue weighted by atomic mass is 19.3. The van der Waals surface area contributed by atoms with Crippen LogP contribution in [0.3, 0.4) is 0 Å². The molecule has 0 radical (unpaired) electrons. The SMILES string of the molecule is C=CC(F)(F)[C@@H](Oc1cc(C=O)ccc1OCc1ccc(OC)cc1)c1ccccc1. The highest BCUT2D eigenvalue weighted by molar-refractivity contribution is 5.76. The number of hydrogen-bond acceptors (Lipinski definition) is 4. The Labute approximate surface area is 179 Å². The van der Waals surface area contributed by atoms with Crippen molar-refractivity contribution in [1.82, 2.24) is 0 Å². The Bertz CT molecular complexity index is 1020. The van der Waals surface area contributed by atoms with Gasteiger partial charge in [0.25, 0.3) is 0 Å². The Kier molecular flexibility index (Phi) is 7.03. The molecule has 6 heteroatoms. The number of aldehydes is 1. The largest absolute Gasteiger partial charge is 0.497 e. The number of ether oxygens (including phenoxy) is 3. The molecule has 0 heterocycles. The van der Waals surface area contributed by atoms with E-state index in [1.807, 2.05) is 12.1 Å². The topological polar surface area (TPSA) is 44.8 Å². The van der Waals surface area contributed by atoms with Gasteiger partial charge in [-0.25, -0.2) is 0 Å². The zero-order chi connectivity index (χ0) is 22.3. The number of methoxy groups -OCH3 is 1. The van der Waals surface area contributed by atoms with Crippen molar-refractivity contribution in [2.24, 2.45) is 0 Å². The van der Waals surface area contributed by atoms with Gasteiger partial charge in [0.1, 0.15) is 18.6 Å². The Morgan fingerprint density at radius 3 is 2.32 bits per heavy atom. The lowest BCUT2D eigenvalue weighted by Crippen LogP contribution is -2.28. The molecule has 0 aliphatic rings. The summed E-state index contributed by atoms with van der Waals surface area (Å²) in [5.41, 5.74) is 1.40. The Morgan fingerprint density at radius 1 is 1.00 bits per heavy atom. The Hall–Kier alpha value is -3.67. The van der Waals surface area contributed by atoms with Crippen LogP contribution in [-0.4, -0.2) is 19.3 Å². The van der Waals surface area contributed by atoms with Crippen LogP contribution in [0.15, 0.2) is 85.5 Å². The second-order valence-electron chi connectivity index (χ2n) is 6.75. The van der Waals surface area contributed by atoms with Crippen molar-refractivity contribution >= 4 is 6.29 Å². The lowest BCUT2D eigenvalue weighted by atomic mass is 10.0. The van der Waals surface area contributed by atoms with Gasteiger partial charge in [-0.3, -0.25) is 4.79 Å². The zero-order valence-electron chi connectivity index (χ0n) is 17.0. The normalized spacial score (nSPS) is 12.0. The van der Waals surface area contributed by atoms with Crippen LogP contribution < -0.4 is 14.2 Å². The molecule has 0 spiro atoms. The summed E-state index contributed by atoms with van der Waals surface area (Å²) in [5, 5.41) is 0. The molecule has 31 heavy (non-hydrogen) atoms. The summed E-state index contributed by atoms with van der Waals surface area (Å²) >= 11 is 0. The van der Waals surface area contributed by atoms with Crippen molar-refractivity contribution < 1.29 is 27.8 Å². The van der Waals surface area contributed by atoms with Gasteiger partial charge in [-0.15, -0.1) is 0 Å². The summed E-state index contributed by atoms with van der Waals surface area (Å²) in [6, 6.07) is 19.8. The van der Waals surface area contributed by atoms with Gasteiger partial charge in [-0.2, -0.15) is 8.78 Å². The van der Waals surface area contributed by atoms with Crippen molar-refractivity contribution in [3.8, 4) is 17.2 Å². The number of carbonyl (C=O) groups is 1. The summed E-state index contributed by atoms with van der Waals surface area (Å²) < 4.78 is 46.0. The molecule has 0 saturated carbocycles. The van der Waals surface area contributed by atoms with Gasteiger partial charge in [-0.1, -0.05) is 49.0 Å². The quantitative estimate of drug-likeness (QED) is 0.295. The molecule has 4 nitrogen and oxygen atoms in total. The second kappa shape index (κ2) is 9.89. The first kappa shape index (κ1) is 22.0. The molecule has 0 N–H and O–H groups in total. The van der Waals surface area contributed by atoms with Crippen LogP contribution >= 0.6 is 0 Å². The van der Waals surface area contributed by atoms with Gasteiger partial charge in [0.05, 0.1) is 7.11 Å². The third-order valence-electron chi connectivity index (χ3n) is 4.63. The number of carbonyl (C=O) groups excluding carboxylic acids is 1. The lowest BCUT2D eigenvalue weighted by Gasteiger charge is -2.26. The maximum Gasteiger partial charge on any atom is 0.306 e. The molecular weight excluding hydrogens is 402 g/mol. The van der Waals surface area contributed by atoms with E-state index >= 15 is 0 Å². The minimum atomic E-state index is -3.36. The first-order valence-electron chi connectivity index (χ1n) is 9.55. The molecule has 3 aromatic carbocycles. The smallest absolute Gasteiger partial charge is 0.306 e. The standard InChI is InChI=1S/C25H22F2O4/c1-3-25(26,27)24(20-7-5-4-6-8-20)31-23-15-19(16-28)11-14-22(23)30-17-18-9-12-21(29-2)13-10-18/h3-16,24H,1,17H2,2H3/t24-/m0/s1. The summed E-state index contributed by atoms with van der Waals surface area (Å²) in [4.78, 5) is 11.2. The van der Waals surface area contributed by atoms with Crippen LogP contribution in [0.4, 0.5) is 8.78 Å². The van der Waals surface area contributed by atoms with Crippen molar-refractivity contribution in [2.45, 2.75) is 18.6 Å². The summed E-state index contributed by atoms with van der Waals surface area (Å²) in [7, 11) is 1.58. The van der Waals surface area contributed by atoms with Crippen LogP contribution in [0.1, 0.15) is 27.6 Å². The molecule has 3 rings (SSSR count). The van der Waals surface area contributed by atoms with Gasteiger partial charge in [0, 0.05) is 5.56 Å². The molecular formula is C25H22F2O4. The van der Waals surface area contributed by atoms with E-state index in [-0.39, 0.29) is 29.2 Å². The van der Waals surface area contributed by atoms with Gasteiger partial charge in [-0.05, 0) is 47.5 Å². The van der Waals surface area contributed by atoms with Crippen molar-refractivity contribution in [1.29, 1.82) is 0 Å². The van der Waals surface area contributed by atoms with Crippen LogP contribution in [-0.2, 0) is 6.61 Å². The van der Waals surface area contributed by atoms with E-state index in [0.717, 1.165) is 5.56 Å². The minimum Gasteiger partial charge on any atom is -0.497 e.